The van der Waals surface area contributed by atoms with Crippen molar-refractivity contribution < 1.29 is 9.59 Å². The Balaban J connectivity index is 1.64. The molecule has 0 unspecified atom stereocenters. The maximum absolute atomic E-state index is 12.5. The lowest BCUT2D eigenvalue weighted by Crippen LogP contribution is -2.13. The Morgan fingerprint density at radius 2 is 1.59 bits per heavy atom. The number of amides is 1. The zero-order chi connectivity index (χ0) is 19.2. The maximum atomic E-state index is 12.5. The molecule has 27 heavy (non-hydrogen) atoms. The fourth-order valence-electron chi connectivity index (χ4n) is 2.56. The SMILES string of the molecule is CC(=O)c1ccc(NC(=O)c2cncc(NCc3ccc(C)cc3)c2)cc1. The van der Waals surface area contributed by atoms with Gasteiger partial charge in [-0.15, -0.1) is 0 Å². The quantitative estimate of drug-likeness (QED) is 0.638. The van der Waals surface area contributed by atoms with Crippen molar-refractivity contribution in [3.63, 3.8) is 0 Å². The first kappa shape index (κ1) is 18.3. The minimum Gasteiger partial charge on any atom is -0.380 e. The molecule has 0 saturated heterocycles. The minimum atomic E-state index is -0.253. The summed E-state index contributed by atoms with van der Waals surface area (Å²) >= 11 is 0. The van der Waals surface area contributed by atoms with Gasteiger partial charge in [-0.2, -0.15) is 0 Å². The molecule has 0 spiro atoms. The van der Waals surface area contributed by atoms with Crippen LogP contribution in [0.25, 0.3) is 0 Å². The Kier molecular flexibility index (Phi) is 5.61. The molecule has 2 N–H and O–H groups in total. The largest absolute Gasteiger partial charge is 0.380 e. The maximum Gasteiger partial charge on any atom is 0.257 e. The lowest BCUT2D eigenvalue weighted by atomic mass is 10.1. The van der Waals surface area contributed by atoms with Gasteiger partial charge in [-0.05, 0) is 49.7 Å². The van der Waals surface area contributed by atoms with Crippen LogP contribution in [0, 0.1) is 6.92 Å². The van der Waals surface area contributed by atoms with Crippen LogP contribution >= 0.6 is 0 Å². The van der Waals surface area contributed by atoms with Crippen LogP contribution in [0.2, 0.25) is 0 Å². The molecule has 0 aliphatic rings. The number of benzene rings is 2. The molecule has 1 amide bonds. The van der Waals surface area contributed by atoms with Crippen LogP contribution in [0.15, 0.2) is 67.0 Å². The highest BCUT2D eigenvalue weighted by Gasteiger charge is 2.08. The normalized spacial score (nSPS) is 10.3. The number of rotatable bonds is 6. The second kappa shape index (κ2) is 8.27. The van der Waals surface area contributed by atoms with E-state index in [4.69, 9.17) is 0 Å². The first-order valence-electron chi connectivity index (χ1n) is 8.68. The van der Waals surface area contributed by atoms with Crippen LogP contribution in [0.4, 0.5) is 11.4 Å². The molecule has 0 aliphatic heterocycles. The number of anilines is 2. The van der Waals surface area contributed by atoms with Gasteiger partial charge in [0.05, 0.1) is 11.3 Å². The standard InChI is InChI=1S/C22H21N3O2/c1-15-3-5-17(6-4-15)12-24-21-11-19(13-23-14-21)22(27)25-20-9-7-18(8-10-20)16(2)26/h3-11,13-14,24H,12H2,1-2H3,(H,25,27). The van der Waals surface area contributed by atoms with E-state index in [-0.39, 0.29) is 11.7 Å². The summed E-state index contributed by atoms with van der Waals surface area (Å²) in [6, 6.07) is 16.8. The first-order valence-corrected chi connectivity index (χ1v) is 8.68. The summed E-state index contributed by atoms with van der Waals surface area (Å²) in [5, 5.41) is 6.09. The molecule has 0 bridgehead atoms. The van der Waals surface area contributed by atoms with Gasteiger partial charge in [0, 0.05) is 30.2 Å². The van der Waals surface area contributed by atoms with Crippen molar-refractivity contribution in [1.29, 1.82) is 0 Å². The van der Waals surface area contributed by atoms with Crippen LogP contribution < -0.4 is 10.6 Å². The third-order valence-electron chi connectivity index (χ3n) is 4.17. The number of aryl methyl sites for hydroxylation is 1. The number of hydrogen-bond donors (Lipinski definition) is 2. The van der Waals surface area contributed by atoms with Gasteiger partial charge >= 0.3 is 0 Å². The van der Waals surface area contributed by atoms with Gasteiger partial charge in [-0.25, -0.2) is 0 Å². The number of pyridine rings is 1. The van der Waals surface area contributed by atoms with Crippen LogP contribution in [-0.2, 0) is 6.54 Å². The molecular weight excluding hydrogens is 338 g/mol. The van der Waals surface area contributed by atoms with Gasteiger partial charge < -0.3 is 10.6 Å². The Labute approximate surface area is 158 Å². The highest BCUT2D eigenvalue weighted by molar-refractivity contribution is 6.04. The molecule has 0 saturated carbocycles. The lowest BCUT2D eigenvalue weighted by molar-refractivity contribution is 0.101. The van der Waals surface area contributed by atoms with E-state index in [1.54, 1.807) is 36.5 Å². The molecule has 0 atom stereocenters. The zero-order valence-corrected chi connectivity index (χ0v) is 15.3. The van der Waals surface area contributed by atoms with Crippen molar-refractivity contribution in [1.82, 2.24) is 4.98 Å². The van der Waals surface area contributed by atoms with Crippen LogP contribution in [0.5, 0.6) is 0 Å². The van der Waals surface area contributed by atoms with Crippen molar-refractivity contribution in [2.75, 3.05) is 10.6 Å². The fraction of sp³-hybridized carbons (Fsp3) is 0.136. The molecular formula is C22H21N3O2. The Morgan fingerprint density at radius 1 is 0.889 bits per heavy atom. The molecule has 5 heteroatoms. The summed E-state index contributed by atoms with van der Waals surface area (Å²) in [4.78, 5) is 27.9. The van der Waals surface area contributed by atoms with Gasteiger partial charge in [-0.3, -0.25) is 14.6 Å². The number of carbonyl (C=O) groups excluding carboxylic acids is 2. The van der Waals surface area contributed by atoms with Crippen LogP contribution in [-0.4, -0.2) is 16.7 Å². The Hall–Kier alpha value is -3.47. The molecule has 3 rings (SSSR count). The molecule has 3 aromatic rings. The van der Waals surface area contributed by atoms with E-state index in [1.807, 2.05) is 0 Å². The van der Waals surface area contributed by atoms with E-state index >= 15 is 0 Å². The van der Waals surface area contributed by atoms with Gasteiger partial charge in [0.2, 0.25) is 0 Å². The predicted molar refractivity (Wildman–Crippen MR) is 107 cm³/mol. The highest BCUT2D eigenvalue weighted by Crippen LogP contribution is 2.15. The number of aromatic nitrogens is 1. The van der Waals surface area contributed by atoms with E-state index in [1.165, 1.54) is 18.7 Å². The van der Waals surface area contributed by atoms with Crippen molar-refractivity contribution in [3.05, 3.63) is 89.2 Å². The molecule has 0 aliphatic carbocycles. The predicted octanol–water partition coefficient (Wildman–Crippen LogP) is 4.46. The van der Waals surface area contributed by atoms with Crippen molar-refractivity contribution >= 4 is 23.1 Å². The summed E-state index contributed by atoms with van der Waals surface area (Å²) in [6.07, 6.45) is 3.21. The summed E-state index contributed by atoms with van der Waals surface area (Å²) in [6.45, 7) is 4.21. The van der Waals surface area contributed by atoms with Crippen molar-refractivity contribution in [2.45, 2.75) is 20.4 Å². The van der Waals surface area contributed by atoms with Crippen molar-refractivity contribution in [2.24, 2.45) is 0 Å². The average molecular weight is 359 g/mol. The Bertz CT molecular complexity index is 948. The lowest BCUT2D eigenvalue weighted by Gasteiger charge is -2.09. The number of nitrogens with one attached hydrogen (secondary N) is 2. The summed E-state index contributed by atoms with van der Waals surface area (Å²) in [5.41, 5.74) is 4.84. The van der Waals surface area contributed by atoms with Crippen molar-refractivity contribution in [3.8, 4) is 0 Å². The summed E-state index contributed by atoms with van der Waals surface area (Å²) in [5.74, 6) is -0.263. The second-order valence-corrected chi connectivity index (χ2v) is 6.39. The molecule has 2 aromatic carbocycles. The molecule has 0 radical (unpaired) electrons. The number of Topliss-reactive ketones (excluding diaryl/α,β-unsaturated/α-hetero) is 1. The highest BCUT2D eigenvalue weighted by atomic mass is 16.1. The monoisotopic (exact) mass is 359 g/mol. The fourth-order valence-corrected chi connectivity index (χ4v) is 2.56. The Morgan fingerprint density at radius 3 is 2.26 bits per heavy atom. The zero-order valence-electron chi connectivity index (χ0n) is 15.3. The second-order valence-electron chi connectivity index (χ2n) is 6.39. The van der Waals surface area contributed by atoms with E-state index in [2.05, 4.69) is 46.8 Å². The minimum absolute atomic E-state index is 0.00979. The van der Waals surface area contributed by atoms with E-state index < -0.39 is 0 Å². The van der Waals surface area contributed by atoms with E-state index in [9.17, 15) is 9.59 Å². The molecule has 1 heterocycles. The molecule has 0 fully saturated rings. The molecule has 136 valence electrons. The third kappa shape index (κ3) is 5.01. The van der Waals surface area contributed by atoms with Crippen LogP contribution in [0.3, 0.4) is 0 Å². The first-order chi connectivity index (χ1) is 13.0. The average Bonchev–Trinajstić information content (AvgIpc) is 2.68. The molecule has 1 aromatic heterocycles. The van der Waals surface area contributed by atoms with Gasteiger partial charge in [0.15, 0.2) is 5.78 Å². The van der Waals surface area contributed by atoms with Crippen LogP contribution in [0.1, 0.15) is 38.8 Å². The number of nitrogens with zero attached hydrogens (tertiary/aromatic N) is 1. The number of carbonyl (C=O) groups is 2. The topological polar surface area (TPSA) is 71.1 Å². The van der Waals surface area contributed by atoms with E-state index in [0.717, 1.165) is 11.3 Å². The van der Waals surface area contributed by atoms with Gasteiger partial charge in [-0.1, -0.05) is 29.8 Å². The third-order valence-corrected chi connectivity index (χ3v) is 4.17. The van der Waals surface area contributed by atoms with Gasteiger partial charge in [0.25, 0.3) is 5.91 Å². The smallest absolute Gasteiger partial charge is 0.257 e. The van der Waals surface area contributed by atoms with E-state index in [0.29, 0.717) is 23.4 Å². The summed E-state index contributed by atoms with van der Waals surface area (Å²) in [7, 11) is 0. The number of hydrogen-bond acceptors (Lipinski definition) is 4. The van der Waals surface area contributed by atoms with Gasteiger partial charge in [0.1, 0.15) is 0 Å². The number of ketones is 1. The summed E-state index contributed by atoms with van der Waals surface area (Å²) < 4.78 is 0. The molecule has 5 nitrogen and oxygen atoms in total.